The molecule has 78 heavy (non-hydrogen) atoms. The second-order valence-corrected chi connectivity index (χ2v) is 17.5. The molecule has 3 aliphatic rings. The van der Waals surface area contributed by atoms with Crippen molar-refractivity contribution in [2.24, 2.45) is 0 Å². The van der Waals surface area contributed by atoms with Gasteiger partial charge in [-0.1, -0.05) is 6.07 Å². The molecular formula is C48H51O30+. The van der Waals surface area contributed by atoms with E-state index < -0.39 is 172 Å². The Morgan fingerprint density at radius 2 is 1.28 bits per heavy atom. The molecule has 16 atom stereocenters. The normalized spacial score (nSPS) is 29.0. The molecule has 0 saturated carbocycles. The van der Waals surface area contributed by atoms with Gasteiger partial charge in [-0.3, -0.25) is 9.59 Å². The largest absolute Gasteiger partial charge is 0.508 e. The highest BCUT2D eigenvalue weighted by Gasteiger charge is 2.51. The van der Waals surface area contributed by atoms with Crippen LogP contribution in [-0.4, -0.2) is 224 Å². The molecule has 30 heteroatoms. The molecule has 4 heterocycles. The first-order valence-corrected chi connectivity index (χ1v) is 23.1. The van der Waals surface area contributed by atoms with E-state index in [2.05, 4.69) is 0 Å². The molecule has 0 bridgehead atoms. The van der Waals surface area contributed by atoms with Crippen LogP contribution >= 0.6 is 0 Å². The van der Waals surface area contributed by atoms with Gasteiger partial charge in [0.2, 0.25) is 30.5 Å². The summed E-state index contributed by atoms with van der Waals surface area (Å²) in [6.45, 7) is -2.40. The standard InChI is InChI=1S/C48H50O30/c49-14-28-34(59)36(61)39(64)47(74-28)72-25-7-1-17(9-23(25)53)2-8-30(55)76-42(44(65)66)43(45(67)68)77-32(57)13-31(56)69-16-29-35(60)37(62)41(78-46-38(63)33(58)24(54)15-70-46)48(75-29)73-27-12-21-22(52)10-20(51)11-26(21)71-40(27)18-3-5-19(50)6-4-18/h1-12,24,28-29,33-39,41-43,46-49,54,58-64H,13-16H2,(H5-,50,51,52,53,65,66,67,68)/p+1. The smallest absolute Gasteiger partial charge is 0.402 e. The summed E-state index contributed by atoms with van der Waals surface area (Å²) in [5.41, 5.74) is 0.114. The maximum Gasteiger partial charge on any atom is 0.402 e. The summed E-state index contributed by atoms with van der Waals surface area (Å²) >= 11 is 0. The van der Waals surface area contributed by atoms with Gasteiger partial charge in [0.25, 0.3) is 0 Å². The predicted molar refractivity (Wildman–Crippen MR) is 247 cm³/mol. The van der Waals surface area contributed by atoms with Crippen molar-refractivity contribution in [1.82, 2.24) is 0 Å². The lowest BCUT2D eigenvalue weighted by atomic mass is 9.98. The molecule has 3 aliphatic heterocycles. The number of hydrogen-bond acceptors (Lipinski definition) is 27. The summed E-state index contributed by atoms with van der Waals surface area (Å²) in [4.78, 5) is 62.9. The Morgan fingerprint density at radius 3 is 1.95 bits per heavy atom. The highest BCUT2D eigenvalue weighted by Crippen LogP contribution is 2.42. The van der Waals surface area contributed by atoms with Crippen LogP contribution in [0.2, 0.25) is 0 Å². The van der Waals surface area contributed by atoms with Crippen molar-refractivity contribution in [1.29, 1.82) is 0 Å². The number of carbonyl (C=O) groups is 5. The van der Waals surface area contributed by atoms with Gasteiger partial charge in [-0.05, 0) is 48.0 Å². The van der Waals surface area contributed by atoms with E-state index in [0.29, 0.717) is 6.08 Å². The molecule has 422 valence electrons. The van der Waals surface area contributed by atoms with E-state index in [1.54, 1.807) is 0 Å². The number of carboxylic acid groups (broad SMARTS) is 2. The lowest BCUT2D eigenvalue weighted by molar-refractivity contribution is -0.345. The Bertz CT molecular complexity index is 2840. The van der Waals surface area contributed by atoms with E-state index in [-0.39, 0.29) is 45.1 Å². The molecule has 4 aromatic rings. The summed E-state index contributed by atoms with van der Waals surface area (Å²) in [7, 11) is 0. The highest BCUT2D eigenvalue weighted by molar-refractivity contribution is 5.95. The number of aliphatic carboxylic acids is 2. The second kappa shape index (κ2) is 24.8. The fourth-order valence-electron chi connectivity index (χ4n) is 7.91. The van der Waals surface area contributed by atoms with E-state index in [1.165, 1.54) is 36.4 Å². The average Bonchev–Trinajstić information content (AvgIpc) is 3.49. The number of aliphatic hydroxyl groups excluding tert-OH is 9. The number of rotatable bonds is 19. The molecule has 1 aromatic heterocycles. The van der Waals surface area contributed by atoms with Gasteiger partial charge in [-0.15, -0.1) is 0 Å². The molecule has 16 unspecified atom stereocenters. The molecule has 15 N–H and O–H groups in total. The fraction of sp³-hybridized carbons (Fsp3) is 0.417. The Balaban J connectivity index is 1.01. The summed E-state index contributed by atoms with van der Waals surface area (Å²) < 4.78 is 54.2. The van der Waals surface area contributed by atoms with Crippen molar-refractivity contribution in [3.05, 3.63) is 72.3 Å². The number of fused-ring (bicyclic) bond motifs is 1. The maximum absolute atomic E-state index is 13.0. The lowest BCUT2D eigenvalue weighted by Crippen LogP contribution is -2.64. The topological polar surface area (TPSA) is 483 Å². The van der Waals surface area contributed by atoms with Gasteiger partial charge in [0.05, 0.1) is 24.8 Å². The number of hydrogen-bond donors (Lipinski definition) is 15. The number of phenols is 4. The third kappa shape index (κ3) is 13.4. The van der Waals surface area contributed by atoms with Crippen LogP contribution in [0.4, 0.5) is 0 Å². The number of benzene rings is 3. The monoisotopic (exact) mass is 1110 g/mol. The number of esters is 3. The quantitative estimate of drug-likeness (QED) is 0.0144. The molecule has 30 nitrogen and oxygen atoms in total. The summed E-state index contributed by atoms with van der Waals surface area (Å²) in [6, 6.07) is 11.9. The van der Waals surface area contributed by atoms with Gasteiger partial charge in [0.1, 0.15) is 96.7 Å². The molecule has 3 aromatic carbocycles. The highest BCUT2D eigenvalue weighted by atomic mass is 16.8. The van der Waals surface area contributed by atoms with Crippen LogP contribution in [0.15, 0.2) is 71.2 Å². The number of aliphatic hydroxyl groups is 9. The third-order valence-corrected chi connectivity index (χ3v) is 12.0. The molecule has 0 amide bonds. The number of carbonyl (C=O) groups excluding carboxylic acids is 3. The van der Waals surface area contributed by atoms with Crippen LogP contribution in [-0.2, 0) is 57.1 Å². The van der Waals surface area contributed by atoms with Crippen LogP contribution < -0.4 is 9.47 Å². The first-order valence-electron chi connectivity index (χ1n) is 23.1. The zero-order valence-corrected chi connectivity index (χ0v) is 39.8. The van der Waals surface area contributed by atoms with E-state index in [4.69, 9.17) is 47.0 Å². The third-order valence-electron chi connectivity index (χ3n) is 12.0. The second-order valence-electron chi connectivity index (χ2n) is 17.5. The average molecular weight is 1110 g/mol. The minimum atomic E-state index is -2.80. The summed E-state index contributed by atoms with van der Waals surface area (Å²) in [5.74, 6) is -11.7. The lowest BCUT2D eigenvalue weighted by Gasteiger charge is -2.44. The van der Waals surface area contributed by atoms with Crippen LogP contribution in [0.1, 0.15) is 12.0 Å². The van der Waals surface area contributed by atoms with Crippen molar-refractivity contribution in [2.45, 2.75) is 105 Å². The van der Waals surface area contributed by atoms with Gasteiger partial charge >= 0.3 is 41.2 Å². The Hall–Kier alpha value is -7.56. The maximum atomic E-state index is 13.0. The van der Waals surface area contributed by atoms with Crippen LogP contribution in [0, 0.1) is 0 Å². The van der Waals surface area contributed by atoms with Gasteiger partial charge in [-0.25, -0.2) is 18.8 Å². The van der Waals surface area contributed by atoms with Crippen molar-refractivity contribution in [3.63, 3.8) is 0 Å². The van der Waals surface area contributed by atoms with Crippen molar-refractivity contribution in [3.8, 4) is 45.8 Å². The Labute approximate surface area is 436 Å². The molecule has 7 rings (SSSR count). The van der Waals surface area contributed by atoms with Gasteiger partial charge in [-0.2, -0.15) is 0 Å². The minimum absolute atomic E-state index is 0.00883. The van der Waals surface area contributed by atoms with Crippen LogP contribution in [0.3, 0.4) is 0 Å². The van der Waals surface area contributed by atoms with Crippen molar-refractivity contribution < 1.29 is 148 Å². The molecular weight excluding hydrogens is 1060 g/mol. The van der Waals surface area contributed by atoms with Crippen LogP contribution in [0.5, 0.6) is 34.5 Å². The first kappa shape index (κ1) is 58.1. The zero-order valence-electron chi connectivity index (χ0n) is 39.8. The predicted octanol–water partition coefficient (Wildman–Crippen LogP) is -3.33. The fourth-order valence-corrected chi connectivity index (χ4v) is 7.91. The Kier molecular flexibility index (Phi) is 18.5. The van der Waals surface area contributed by atoms with Crippen LogP contribution in [0.25, 0.3) is 28.4 Å². The number of carboxylic acids is 2. The Morgan fingerprint density at radius 1 is 0.641 bits per heavy atom. The van der Waals surface area contributed by atoms with Gasteiger partial charge < -0.3 is 119 Å². The zero-order chi connectivity index (χ0) is 56.9. The van der Waals surface area contributed by atoms with Crippen molar-refractivity contribution in [2.75, 3.05) is 19.8 Å². The molecule has 0 spiro atoms. The van der Waals surface area contributed by atoms with E-state index >= 15 is 0 Å². The number of ether oxygens (including phenoxy) is 9. The van der Waals surface area contributed by atoms with E-state index in [9.17, 15) is 101 Å². The minimum Gasteiger partial charge on any atom is -0.508 e. The first-order chi connectivity index (χ1) is 36.9. The molecule has 3 fully saturated rings. The van der Waals surface area contributed by atoms with Gasteiger partial charge in [0.15, 0.2) is 23.9 Å². The molecule has 0 aliphatic carbocycles. The SMILES string of the molecule is O=C(C=Cc1ccc(OC2OC(CO)C(O)C(O)C2O)c(O)c1)OC(C(=O)O)C(OC(=O)CC(=O)OCC1OC(Oc2cc3c(O)cc(O)cc3[o+]c2-c2ccc(O)cc2)C(OC2OCC(O)C(O)C2O)C(O)C1O)C(=O)O. The summed E-state index contributed by atoms with van der Waals surface area (Å²) in [5, 5.41) is 154. The van der Waals surface area contributed by atoms with E-state index in [0.717, 1.165) is 30.3 Å². The van der Waals surface area contributed by atoms with Crippen molar-refractivity contribution >= 4 is 46.9 Å². The number of aromatic hydroxyl groups is 4. The molecule has 0 radical (unpaired) electrons. The number of phenolic OH excluding ortho intramolecular Hbond substituents is 4. The van der Waals surface area contributed by atoms with E-state index in [1.807, 2.05) is 0 Å². The summed E-state index contributed by atoms with van der Waals surface area (Å²) in [6.07, 6.45) is -31.0. The van der Waals surface area contributed by atoms with Gasteiger partial charge in [0, 0.05) is 18.2 Å². The molecule has 3 saturated heterocycles.